The molecule has 0 aliphatic rings. The van der Waals surface area contributed by atoms with Gasteiger partial charge in [-0.3, -0.25) is 19.7 Å². The summed E-state index contributed by atoms with van der Waals surface area (Å²) in [6.07, 6.45) is -0.426. The highest BCUT2D eigenvalue weighted by atomic mass is 16.6. The molecule has 0 aliphatic heterocycles. The second kappa shape index (κ2) is 11.9. The van der Waals surface area contributed by atoms with Gasteiger partial charge in [0.25, 0.3) is 11.6 Å². The minimum Gasteiger partial charge on any atom is -0.453 e. The van der Waals surface area contributed by atoms with Gasteiger partial charge in [0.05, 0.1) is 17.4 Å². The highest BCUT2D eigenvalue weighted by Gasteiger charge is 2.24. The number of esters is 1. The van der Waals surface area contributed by atoms with Crippen molar-refractivity contribution in [2.75, 3.05) is 23.3 Å². The van der Waals surface area contributed by atoms with E-state index in [1.807, 2.05) is 12.1 Å². The molecule has 162 valence electrons. The SMILES string of the molecule is CC(OC(=O)CCCNc1ccccc1[N+](=O)[O-])C(=O)N(CCC#N)c1ccccc1. The Morgan fingerprint density at radius 3 is 2.55 bits per heavy atom. The molecule has 0 radical (unpaired) electrons. The summed E-state index contributed by atoms with van der Waals surface area (Å²) >= 11 is 0. The Hall–Kier alpha value is -3.93. The van der Waals surface area contributed by atoms with Crippen LogP contribution in [0.25, 0.3) is 0 Å². The number of nitrogens with zero attached hydrogens (tertiary/aromatic N) is 3. The van der Waals surface area contributed by atoms with Gasteiger partial charge in [-0.2, -0.15) is 5.26 Å². The lowest BCUT2D eigenvalue weighted by atomic mass is 10.2. The van der Waals surface area contributed by atoms with Crippen LogP contribution in [0.1, 0.15) is 26.2 Å². The number of nitrogens with one attached hydrogen (secondary N) is 1. The number of benzene rings is 2. The Bertz CT molecular complexity index is 942. The molecule has 0 aliphatic carbocycles. The number of ether oxygens (including phenoxy) is 1. The lowest BCUT2D eigenvalue weighted by Gasteiger charge is -2.25. The Labute approximate surface area is 180 Å². The Morgan fingerprint density at radius 2 is 1.87 bits per heavy atom. The third-order valence-electron chi connectivity index (χ3n) is 4.41. The number of rotatable bonds is 11. The second-order valence-electron chi connectivity index (χ2n) is 6.67. The van der Waals surface area contributed by atoms with E-state index >= 15 is 0 Å². The van der Waals surface area contributed by atoms with Crippen LogP contribution in [0.2, 0.25) is 0 Å². The molecule has 9 heteroatoms. The van der Waals surface area contributed by atoms with Gasteiger partial charge in [0, 0.05) is 31.3 Å². The summed E-state index contributed by atoms with van der Waals surface area (Å²) < 4.78 is 5.26. The fourth-order valence-electron chi connectivity index (χ4n) is 2.90. The van der Waals surface area contributed by atoms with E-state index in [1.165, 1.54) is 17.9 Å². The lowest BCUT2D eigenvalue weighted by Crippen LogP contribution is -2.40. The summed E-state index contributed by atoms with van der Waals surface area (Å²) in [5, 5.41) is 22.8. The van der Waals surface area contributed by atoms with E-state index in [2.05, 4.69) is 5.32 Å². The van der Waals surface area contributed by atoms with Gasteiger partial charge in [0.2, 0.25) is 0 Å². The summed E-state index contributed by atoms with van der Waals surface area (Å²) in [6.45, 7) is 2.02. The summed E-state index contributed by atoms with van der Waals surface area (Å²) in [4.78, 5) is 36.9. The predicted octanol–water partition coefficient (Wildman–Crippen LogP) is 3.67. The molecule has 0 bridgehead atoms. The average Bonchev–Trinajstić information content (AvgIpc) is 2.77. The summed E-state index contributed by atoms with van der Waals surface area (Å²) in [6, 6.07) is 17.1. The van der Waals surface area contributed by atoms with E-state index in [1.54, 1.807) is 42.5 Å². The van der Waals surface area contributed by atoms with Gasteiger partial charge < -0.3 is 15.0 Å². The van der Waals surface area contributed by atoms with Crippen LogP contribution < -0.4 is 10.2 Å². The first-order valence-corrected chi connectivity index (χ1v) is 9.84. The minimum absolute atomic E-state index is 0.0392. The Kier molecular flexibility index (Phi) is 8.98. The summed E-state index contributed by atoms with van der Waals surface area (Å²) in [5.74, 6) is -0.952. The van der Waals surface area contributed by atoms with Crippen LogP contribution in [-0.4, -0.2) is 36.0 Å². The molecule has 0 saturated heterocycles. The van der Waals surface area contributed by atoms with Crippen molar-refractivity contribution >= 4 is 28.9 Å². The fraction of sp³-hybridized carbons (Fsp3) is 0.318. The van der Waals surface area contributed by atoms with E-state index in [0.29, 0.717) is 24.3 Å². The van der Waals surface area contributed by atoms with Gasteiger partial charge in [-0.05, 0) is 31.5 Å². The molecule has 2 aromatic rings. The van der Waals surface area contributed by atoms with E-state index < -0.39 is 22.9 Å². The van der Waals surface area contributed by atoms with Crippen LogP contribution >= 0.6 is 0 Å². The quantitative estimate of drug-likeness (QED) is 0.252. The molecule has 2 rings (SSSR count). The third kappa shape index (κ3) is 7.12. The zero-order valence-electron chi connectivity index (χ0n) is 17.2. The normalized spacial score (nSPS) is 11.1. The van der Waals surface area contributed by atoms with Gasteiger partial charge in [-0.1, -0.05) is 30.3 Å². The van der Waals surface area contributed by atoms with Gasteiger partial charge in [-0.15, -0.1) is 0 Å². The molecule has 1 unspecified atom stereocenters. The molecule has 0 aromatic heterocycles. The standard InChI is InChI=1S/C22H24N4O5/c1-17(22(28)25(16-8-14-23)18-9-3-2-4-10-18)31-21(27)13-7-15-24-19-11-5-6-12-20(19)26(29)30/h2-6,9-12,17,24H,7-8,13,15-16H2,1H3. The molecule has 1 N–H and O–H groups in total. The number of carbonyl (C=O) groups excluding carboxylic acids is 2. The highest BCUT2D eigenvalue weighted by molar-refractivity contribution is 5.97. The molecular formula is C22H24N4O5. The maximum Gasteiger partial charge on any atom is 0.306 e. The number of nitro groups is 1. The van der Waals surface area contributed by atoms with Crippen molar-refractivity contribution in [3.63, 3.8) is 0 Å². The Morgan fingerprint density at radius 1 is 1.19 bits per heavy atom. The number of carbonyl (C=O) groups is 2. The van der Waals surface area contributed by atoms with Gasteiger partial charge in [0.1, 0.15) is 5.69 Å². The molecule has 9 nitrogen and oxygen atoms in total. The van der Waals surface area contributed by atoms with Crippen molar-refractivity contribution in [3.8, 4) is 6.07 Å². The van der Waals surface area contributed by atoms with Crippen molar-refractivity contribution in [1.29, 1.82) is 5.26 Å². The Balaban J connectivity index is 1.85. The van der Waals surface area contributed by atoms with Crippen molar-refractivity contribution in [2.24, 2.45) is 0 Å². The van der Waals surface area contributed by atoms with E-state index in [4.69, 9.17) is 10.00 Å². The minimum atomic E-state index is -1.01. The molecule has 0 fully saturated rings. The number of hydrogen-bond acceptors (Lipinski definition) is 7. The van der Waals surface area contributed by atoms with Crippen molar-refractivity contribution < 1.29 is 19.2 Å². The van der Waals surface area contributed by atoms with Crippen LogP contribution in [0.3, 0.4) is 0 Å². The van der Waals surface area contributed by atoms with Gasteiger partial charge in [0.15, 0.2) is 6.10 Å². The molecule has 0 heterocycles. The maximum absolute atomic E-state index is 12.8. The van der Waals surface area contributed by atoms with Crippen LogP contribution in [0, 0.1) is 21.4 Å². The second-order valence-corrected chi connectivity index (χ2v) is 6.67. The summed E-state index contributed by atoms with van der Waals surface area (Å²) in [7, 11) is 0. The summed E-state index contributed by atoms with van der Waals surface area (Å²) in [5.41, 5.74) is 0.961. The van der Waals surface area contributed by atoms with E-state index in [0.717, 1.165) is 0 Å². The number of anilines is 2. The van der Waals surface area contributed by atoms with Crippen LogP contribution in [0.5, 0.6) is 0 Å². The van der Waals surface area contributed by atoms with E-state index in [-0.39, 0.29) is 25.1 Å². The van der Waals surface area contributed by atoms with Crippen molar-refractivity contribution in [1.82, 2.24) is 0 Å². The lowest BCUT2D eigenvalue weighted by molar-refractivity contribution is -0.384. The van der Waals surface area contributed by atoms with E-state index in [9.17, 15) is 19.7 Å². The molecule has 1 amide bonds. The first-order chi connectivity index (χ1) is 14.9. The molecule has 1 atom stereocenters. The maximum atomic E-state index is 12.8. The topological polar surface area (TPSA) is 126 Å². The highest BCUT2D eigenvalue weighted by Crippen LogP contribution is 2.23. The number of nitro benzene ring substituents is 1. The molecule has 0 saturated carbocycles. The molecule has 2 aromatic carbocycles. The van der Waals surface area contributed by atoms with Gasteiger partial charge in [-0.25, -0.2) is 0 Å². The van der Waals surface area contributed by atoms with Gasteiger partial charge >= 0.3 is 5.97 Å². The zero-order chi connectivity index (χ0) is 22.6. The first kappa shape index (κ1) is 23.3. The number of amides is 1. The van der Waals surface area contributed by atoms with Crippen molar-refractivity contribution in [3.05, 3.63) is 64.7 Å². The monoisotopic (exact) mass is 424 g/mol. The first-order valence-electron chi connectivity index (χ1n) is 9.84. The largest absolute Gasteiger partial charge is 0.453 e. The van der Waals surface area contributed by atoms with Crippen LogP contribution in [-0.2, 0) is 14.3 Å². The molecular weight excluding hydrogens is 400 g/mol. The van der Waals surface area contributed by atoms with Crippen LogP contribution in [0.4, 0.5) is 17.1 Å². The number of hydrogen-bond donors (Lipinski definition) is 1. The smallest absolute Gasteiger partial charge is 0.306 e. The zero-order valence-corrected chi connectivity index (χ0v) is 17.2. The average molecular weight is 424 g/mol. The number of para-hydroxylation sites is 3. The molecule has 31 heavy (non-hydrogen) atoms. The van der Waals surface area contributed by atoms with Crippen LogP contribution in [0.15, 0.2) is 54.6 Å². The fourth-order valence-corrected chi connectivity index (χ4v) is 2.90. The predicted molar refractivity (Wildman–Crippen MR) is 115 cm³/mol. The van der Waals surface area contributed by atoms with Crippen molar-refractivity contribution in [2.45, 2.75) is 32.3 Å². The number of nitriles is 1. The molecule has 0 spiro atoms. The third-order valence-corrected chi connectivity index (χ3v) is 4.41.